The standard InChI is InChI=1S/C13H21ClN2O/c1-8-6-13(17-3)11(14)7-10(8)12(16)5-4-9(2)15/h6-7,9,12H,4-5,15-16H2,1-3H3. The fourth-order valence-electron chi connectivity index (χ4n) is 1.82. The predicted molar refractivity (Wildman–Crippen MR) is 72.6 cm³/mol. The van der Waals surface area contributed by atoms with Gasteiger partial charge in [-0.3, -0.25) is 0 Å². The monoisotopic (exact) mass is 256 g/mol. The van der Waals surface area contributed by atoms with Crippen molar-refractivity contribution < 1.29 is 4.74 Å². The SMILES string of the molecule is COc1cc(C)c(C(N)CCC(C)N)cc1Cl. The molecule has 1 aromatic carbocycles. The fourth-order valence-corrected chi connectivity index (χ4v) is 2.07. The number of hydrogen-bond donors (Lipinski definition) is 2. The van der Waals surface area contributed by atoms with Crippen LogP contribution in [0.4, 0.5) is 0 Å². The van der Waals surface area contributed by atoms with Gasteiger partial charge in [-0.15, -0.1) is 0 Å². The van der Waals surface area contributed by atoms with Crippen molar-refractivity contribution in [2.75, 3.05) is 7.11 Å². The van der Waals surface area contributed by atoms with Crippen molar-refractivity contribution >= 4 is 11.6 Å². The van der Waals surface area contributed by atoms with Gasteiger partial charge in [-0.05, 0) is 49.9 Å². The van der Waals surface area contributed by atoms with E-state index in [0.29, 0.717) is 10.8 Å². The van der Waals surface area contributed by atoms with Gasteiger partial charge in [0.15, 0.2) is 0 Å². The summed E-state index contributed by atoms with van der Waals surface area (Å²) in [5.74, 6) is 0.687. The molecule has 0 amide bonds. The van der Waals surface area contributed by atoms with Crippen LogP contribution in [0.5, 0.6) is 5.75 Å². The smallest absolute Gasteiger partial charge is 0.137 e. The second-order valence-electron chi connectivity index (χ2n) is 4.50. The highest BCUT2D eigenvalue weighted by Crippen LogP contribution is 2.31. The molecule has 2 unspecified atom stereocenters. The molecule has 2 atom stereocenters. The average Bonchev–Trinajstić information content (AvgIpc) is 2.28. The summed E-state index contributed by atoms with van der Waals surface area (Å²) in [5.41, 5.74) is 14.0. The molecule has 4 N–H and O–H groups in total. The van der Waals surface area contributed by atoms with Crippen LogP contribution in [0.15, 0.2) is 12.1 Å². The maximum atomic E-state index is 6.15. The number of methoxy groups -OCH3 is 1. The first-order valence-electron chi connectivity index (χ1n) is 5.81. The molecule has 17 heavy (non-hydrogen) atoms. The first-order chi connectivity index (χ1) is 7.95. The number of aryl methyl sites for hydroxylation is 1. The Hall–Kier alpha value is -0.770. The summed E-state index contributed by atoms with van der Waals surface area (Å²) in [6.07, 6.45) is 1.77. The number of benzene rings is 1. The van der Waals surface area contributed by atoms with E-state index in [1.165, 1.54) is 0 Å². The molecule has 1 rings (SSSR count). The summed E-state index contributed by atoms with van der Waals surface area (Å²) in [4.78, 5) is 0. The van der Waals surface area contributed by atoms with E-state index in [9.17, 15) is 0 Å². The van der Waals surface area contributed by atoms with Gasteiger partial charge in [0.2, 0.25) is 0 Å². The minimum atomic E-state index is -0.0237. The van der Waals surface area contributed by atoms with E-state index in [1.54, 1.807) is 7.11 Å². The molecule has 0 aliphatic carbocycles. The summed E-state index contributed by atoms with van der Waals surface area (Å²) in [6, 6.07) is 3.96. The van der Waals surface area contributed by atoms with Crippen LogP contribution in [0.1, 0.15) is 36.9 Å². The van der Waals surface area contributed by atoms with Gasteiger partial charge in [-0.1, -0.05) is 11.6 Å². The lowest BCUT2D eigenvalue weighted by Gasteiger charge is -2.17. The van der Waals surface area contributed by atoms with Crippen LogP contribution in [0, 0.1) is 6.92 Å². The van der Waals surface area contributed by atoms with Crippen molar-refractivity contribution in [1.82, 2.24) is 0 Å². The van der Waals surface area contributed by atoms with Crippen LogP contribution in [-0.2, 0) is 0 Å². The van der Waals surface area contributed by atoms with Crippen LogP contribution in [0.3, 0.4) is 0 Å². The van der Waals surface area contributed by atoms with Gasteiger partial charge in [0.25, 0.3) is 0 Å². The Morgan fingerprint density at radius 2 is 1.94 bits per heavy atom. The van der Waals surface area contributed by atoms with Crippen LogP contribution >= 0.6 is 11.6 Å². The third-order valence-electron chi connectivity index (χ3n) is 2.87. The molecular weight excluding hydrogens is 236 g/mol. The Balaban J connectivity index is 2.86. The van der Waals surface area contributed by atoms with Gasteiger partial charge in [-0.2, -0.15) is 0 Å². The van der Waals surface area contributed by atoms with Crippen molar-refractivity contribution in [3.05, 3.63) is 28.3 Å². The van der Waals surface area contributed by atoms with Crippen molar-refractivity contribution in [3.63, 3.8) is 0 Å². The molecule has 0 radical (unpaired) electrons. The molecule has 0 aliphatic heterocycles. The number of rotatable bonds is 5. The summed E-state index contributed by atoms with van der Waals surface area (Å²) in [7, 11) is 1.61. The highest BCUT2D eigenvalue weighted by atomic mass is 35.5. The van der Waals surface area contributed by atoms with E-state index in [1.807, 2.05) is 26.0 Å². The zero-order valence-corrected chi connectivity index (χ0v) is 11.4. The van der Waals surface area contributed by atoms with Gasteiger partial charge in [0.1, 0.15) is 5.75 Å². The van der Waals surface area contributed by atoms with E-state index in [4.69, 9.17) is 27.8 Å². The van der Waals surface area contributed by atoms with Crippen molar-refractivity contribution in [1.29, 1.82) is 0 Å². The Labute approximate surface area is 108 Å². The van der Waals surface area contributed by atoms with Crippen molar-refractivity contribution in [3.8, 4) is 5.75 Å². The molecule has 0 saturated carbocycles. The lowest BCUT2D eigenvalue weighted by Crippen LogP contribution is -2.19. The Morgan fingerprint density at radius 1 is 1.29 bits per heavy atom. The van der Waals surface area contributed by atoms with Crippen molar-refractivity contribution in [2.24, 2.45) is 11.5 Å². The molecule has 4 heteroatoms. The molecule has 3 nitrogen and oxygen atoms in total. The molecule has 0 aliphatic rings. The van der Waals surface area contributed by atoms with Crippen molar-refractivity contribution in [2.45, 2.75) is 38.8 Å². The molecule has 0 fully saturated rings. The van der Waals surface area contributed by atoms with Gasteiger partial charge in [0, 0.05) is 12.1 Å². The predicted octanol–water partition coefficient (Wildman–Crippen LogP) is 2.78. The second kappa shape index (κ2) is 6.24. The highest BCUT2D eigenvalue weighted by Gasteiger charge is 2.13. The number of nitrogens with two attached hydrogens (primary N) is 2. The minimum absolute atomic E-state index is 0.0237. The topological polar surface area (TPSA) is 61.3 Å². The molecule has 0 saturated heterocycles. The quantitative estimate of drug-likeness (QED) is 0.852. The number of hydrogen-bond acceptors (Lipinski definition) is 3. The van der Waals surface area contributed by atoms with Crippen LogP contribution in [0.25, 0.3) is 0 Å². The van der Waals surface area contributed by atoms with E-state index < -0.39 is 0 Å². The third kappa shape index (κ3) is 3.87. The van der Waals surface area contributed by atoms with E-state index >= 15 is 0 Å². The summed E-state index contributed by atoms with van der Waals surface area (Å²) >= 11 is 6.10. The molecule has 0 aromatic heterocycles. The summed E-state index contributed by atoms with van der Waals surface area (Å²) in [5, 5.41) is 0.601. The minimum Gasteiger partial charge on any atom is -0.495 e. The van der Waals surface area contributed by atoms with E-state index in [-0.39, 0.29) is 12.1 Å². The van der Waals surface area contributed by atoms with Gasteiger partial charge in [0.05, 0.1) is 12.1 Å². The first-order valence-corrected chi connectivity index (χ1v) is 6.18. The Bertz CT molecular complexity index is 380. The molecule has 96 valence electrons. The van der Waals surface area contributed by atoms with Gasteiger partial charge < -0.3 is 16.2 Å². The van der Waals surface area contributed by atoms with Gasteiger partial charge >= 0.3 is 0 Å². The Kier molecular flexibility index (Phi) is 5.25. The highest BCUT2D eigenvalue weighted by molar-refractivity contribution is 6.32. The molecule has 0 heterocycles. The molecule has 1 aromatic rings. The zero-order chi connectivity index (χ0) is 13.0. The molecular formula is C13H21ClN2O. The second-order valence-corrected chi connectivity index (χ2v) is 4.91. The number of ether oxygens (including phenoxy) is 1. The normalized spacial score (nSPS) is 14.5. The molecule has 0 spiro atoms. The summed E-state index contributed by atoms with van der Waals surface area (Å²) in [6.45, 7) is 4.00. The molecule has 0 bridgehead atoms. The third-order valence-corrected chi connectivity index (χ3v) is 3.17. The van der Waals surface area contributed by atoms with E-state index in [2.05, 4.69) is 0 Å². The summed E-state index contributed by atoms with van der Waals surface area (Å²) < 4.78 is 5.17. The van der Waals surface area contributed by atoms with Gasteiger partial charge in [-0.25, -0.2) is 0 Å². The fraction of sp³-hybridized carbons (Fsp3) is 0.538. The maximum Gasteiger partial charge on any atom is 0.137 e. The van der Waals surface area contributed by atoms with Crippen LogP contribution < -0.4 is 16.2 Å². The van der Waals surface area contributed by atoms with Crippen LogP contribution in [0.2, 0.25) is 5.02 Å². The number of halogens is 1. The zero-order valence-electron chi connectivity index (χ0n) is 10.7. The largest absolute Gasteiger partial charge is 0.495 e. The Morgan fingerprint density at radius 3 is 2.47 bits per heavy atom. The first kappa shape index (κ1) is 14.3. The maximum absolute atomic E-state index is 6.15. The lowest BCUT2D eigenvalue weighted by molar-refractivity contribution is 0.414. The van der Waals surface area contributed by atoms with E-state index in [0.717, 1.165) is 24.0 Å². The lowest BCUT2D eigenvalue weighted by atomic mass is 9.96. The average molecular weight is 257 g/mol. The van der Waals surface area contributed by atoms with Crippen LogP contribution in [-0.4, -0.2) is 13.2 Å².